The second kappa shape index (κ2) is 7.06. The molecule has 0 aliphatic heterocycles. The van der Waals surface area contributed by atoms with Gasteiger partial charge in [-0.1, -0.05) is 29.3 Å². The summed E-state index contributed by atoms with van der Waals surface area (Å²) >= 11 is 12.2. The molecule has 0 aliphatic rings. The number of tetrazole rings is 1. The van der Waals surface area contributed by atoms with Crippen LogP contribution in [0.25, 0.3) is 11.4 Å². The third kappa shape index (κ3) is 3.12. The van der Waals surface area contributed by atoms with Gasteiger partial charge in [0.15, 0.2) is 0 Å². The Morgan fingerprint density at radius 2 is 1.75 bits per heavy atom. The summed E-state index contributed by atoms with van der Waals surface area (Å²) in [4.78, 5) is 25.4. The van der Waals surface area contributed by atoms with Gasteiger partial charge in [-0.15, -0.1) is 0 Å². The normalized spacial score (nSPS) is 11.0. The largest absolute Gasteiger partial charge is 0.368 e. The van der Waals surface area contributed by atoms with E-state index in [1.165, 1.54) is 7.05 Å². The molecule has 0 aliphatic carbocycles. The number of nitrogens with zero attached hydrogens (tertiary/aromatic N) is 6. The van der Waals surface area contributed by atoms with Crippen LogP contribution in [0.2, 0.25) is 10.0 Å². The highest BCUT2D eigenvalue weighted by Crippen LogP contribution is 2.25. The second-order valence-electron chi connectivity index (χ2n) is 5.88. The lowest BCUT2D eigenvalue weighted by atomic mass is 10.1. The quantitative estimate of drug-likeness (QED) is 0.479. The monoisotopic (exact) mass is 414 g/mol. The first-order valence-electron chi connectivity index (χ1n) is 8.10. The topological polar surface area (TPSA) is 87.6 Å². The van der Waals surface area contributed by atoms with Crippen LogP contribution in [0, 0.1) is 0 Å². The van der Waals surface area contributed by atoms with E-state index in [4.69, 9.17) is 23.2 Å². The molecule has 4 aromatic rings. The van der Waals surface area contributed by atoms with Crippen LogP contribution in [0.4, 0.5) is 0 Å². The fourth-order valence-electron chi connectivity index (χ4n) is 2.69. The minimum atomic E-state index is -0.497. The highest BCUT2D eigenvalue weighted by Gasteiger charge is 2.23. The Morgan fingerprint density at radius 1 is 1.00 bits per heavy atom. The van der Waals surface area contributed by atoms with E-state index in [2.05, 4.69) is 15.5 Å². The van der Waals surface area contributed by atoms with E-state index in [1.54, 1.807) is 59.4 Å². The van der Waals surface area contributed by atoms with Gasteiger partial charge in [0, 0.05) is 18.3 Å². The number of benzene rings is 2. The minimum Gasteiger partial charge on any atom is -0.287 e. The average Bonchev–Trinajstić information content (AvgIpc) is 3.30. The van der Waals surface area contributed by atoms with E-state index in [0.29, 0.717) is 5.02 Å². The fraction of sp³-hybridized carbons (Fsp3) is 0.0556. The molecule has 0 atom stereocenters. The number of aromatic nitrogens is 6. The minimum absolute atomic E-state index is 0.119. The van der Waals surface area contributed by atoms with Crippen LogP contribution in [0.3, 0.4) is 0 Å². The van der Waals surface area contributed by atoms with Gasteiger partial charge >= 0.3 is 5.69 Å². The van der Waals surface area contributed by atoms with E-state index in [9.17, 15) is 9.59 Å². The molecule has 0 unspecified atom stereocenters. The van der Waals surface area contributed by atoms with Crippen molar-refractivity contribution in [3.8, 4) is 11.4 Å². The summed E-state index contributed by atoms with van der Waals surface area (Å²) < 4.78 is 3.63. The molecule has 10 heteroatoms. The number of ketones is 1. The summed E-state index contributed by atoms with van der Waals surface area (Å²) in [5.74, 6) is -0.439. The molecular formula is C18H12Cl2N6O2. The molecule has 0 saturated heterocycles. The molecule has 0 amide bonds. The van der Waals surface area contributed by atoms with Crippen molar-refractivity contribution in [1.29, 1.82) is 0 Å². The van der Waals surface area contributed by atoms with Crippen LogP contribution in [-0.2, 0) is 7.05 Å². The Balaban J connectivity index is 1.78. The van der Waals surface area contributed by atoms with E-state index in [0.717, 1.165) is 15.1 Å². The third-order valence-electron chi connectivity index (χ3n) is 4.08. The van der Waals surface area contributed by atoms with Gasteiger partial charge in [0.25, 0.3) is 0 Å². The summed E-state index contributed by atoms with van der Waals surface area (Å²) in [5.41, 5.74) is 0.766. The van der Waals surface area contributed by atoms with Crippen molar-refractivity contribution in [3.63, 3.8) is 0 Å². The Bertz CT molecular complexity index is 1240. The van der Waals surface area contributed by atoms with Crippen LogP contribution >= 0.6 is 23.2 Å². The zero-order valence-corrected chi connectivity index (χ0v) is 16.0. The van der Waals surface area contributed by atoms with E-state index >= 15 is 0 Å². The number of carbonyl (C=O) groups excluding carboxylic acids is 1. The fourth-order valence-corrected chi connectivity index (χ4v) is 3.07. The molecule has 4 rings (SSSR count). The van der Waals surface area contributed by atoms with Crippen molar-refractivity contribution in [2.24, 2.45) is 7.05 Å². The highest BCUT2D eigenvalue weighted by molar-refractivity contribution is 6.35. The van der Waals surface area contributed by atoms with E-state index < -0.39 is 11.5 Å². The van der Waals surface area contributed by atoms with Crippen LogP contribution in [0.1, 0.15) is 16.1 Å². The number of hydrogen-bond donors (Lipinski definition) is 0. The molecule has 0 bridgehead atoms. The molecule has 28 heavy (non-hydrogen) atoms. The van der Waals surface area contributed by atoms with Gasteiger partial charge < -0.3 is 0 Å². The summed E-state index contributed by atoms with van der Waals surface area (Å²) in [6.45, 7) is 0. The molecule has 0 fully saturated rings. The highest BCUT2D eigenvalue weighted by atomic mass is 35.5. The molecule has 0 N–H and O–H groups in total. The number of hydrogen-bond acceptors (Lipinski definition) is 5. The maximum absolute atomic E-state index is 13.1. The smallest absolute Gasteiger partial charge is 0.287 e. The molecule has 0 radical (unpaired) electrons. The summed E-state index contributed by atoms with van der Waals surface area (Å²) in [6, 6.07) is 13.4. The number of halogens is 2. The molecule has 140 valence electrons. The maximum atomic E-state index is 13.1. The lowest BCUT2D eigenvalue weighted by molar-refractivity contribution is 0.103. The Kier molecular flexibility index (Phi) is 4.58. The second-order valence-corrected chi connectivity index (χ2v) is 6.73. The first-order chi connectivity index (χ1) is 13.5. The Labute approximate surface area is 168 Å². The van der Waals surface area contributed by atoms with Crippen molar-refractivity contribution >= 4 is 29.0 Å². The van der Waals surface area contributed by atoms with Crippen LogP contribution in [-0.4, -0.2) is 35.4 Å². The van der Waals surface area contributed by atoms with Gasteiger partial charge in [0.05, 0.1) is 22.0 Å². The molecular weight excluding hydrogens is 403 g/mol. The predicted molar refractivity (Wildman–Crippen MR) is 104 cm³/mol. The first kappa shape index (κ1) is 18.1. The van der Waals surface area contributed by atoms with Crippen LogP contribution < -0.4 is 5.69 Å². The Hall–Kier alpha value is -3.23. The van der Waals surface area contributed by atoms with Crippen molar-refractivity contribution in [3.05, 3.63) is 86.5 Å². The van der Waals surface area contributed by atoms with E-state index in [1.807, 2.05) is 0 Å². The summed E-state index contributed by atoms with van der Waals surface area (Å²) in [7, 11) is 1.46. The van der Waals surface area contributed by atoms with Crippen molar-refractivity contribution in [2.45, 2.75) is 0 Å². The van der Waals surface area contributed by atoms with Gasteiger partial charge in [-0.25, -0.2) is 9.48 Å². The van der Waals surface area contributed by atoms with Crippen molar-refractivity contribution < 1.29 is 4.79 Å². The average molecular weight is 415 g/mol. The van der Waals surface area contributed by atoms with Gasteiger partial charge in [0.2, 0.25) is 5.78 Å². The number of rotatable bonds is 4. The predicted octanol–water partition coefficient (Wildman–Crippen LogP) is 2.69. The van der Waals surface area contributed by atoms with Crippen LogP contribution in [0.15, 0.2) is 59.5 Å². The lowest BCUT2D eigenvalue weighted by Crippen LogP contribution is -2.24. The molecule has 2 aromatic carbocycles. The SMILES string of the molecule is Cn1nnn(-c2cccc(Cl)c2C(=O)c2ccn(-c3ccc(Cl)cc3)n2)c1=O. The molecule has 0 spiro atoms. The molecule has 2 aromatic heterocycles. The molecule has 8 nitrogen and oxygen atoms in total. The third-order valence-corrected chi connectivity index (χ3v) is 4.65. The van der Waals surface area contributed by atoms with Crippen LogP contribution in [0.5, 0.6) is 0 Å². The number of carbonyl (C=O) groups is 1. The number of aryl methyl sites for hydroxylation is 1. The van der Waals surface area contributed by atoms with E-state index in [-0.39, 0.29) is 22.0 Å². The molecule has 0 saturated carbocycles. The van der Waals surface area contributed by atoms with Crippen molar-refractivity contribution in [2.75, 3.05) is 0 Å². The zero-order valence-electron chi connectivity index (χ0n) is 14.5. The van der Waals surface area contributed by atoms with Crippen molar-refractivity contribution in [1.82, 2.24) is 29.6 Å². The molecule has 2 heterocycles. The lowest BCUT2D eigenvalue weighted by Gasteiger charge is -2.08. The summed E-state index contributed by atoms with van der Waals surface area (Å²) in [5, 5.41) is 12.6. The Morgan fingerprint density at radius 3 is 2.43 bits per heavy atom. The maximum Gasteiger partial charge on any atom is 0.368 e. The zero-order chi connectivity index (χ0) is 19.8. The van der Waals surface area contributed by atoms with Gasteiger partial charge in [0.1, 0.15) is 5.69 Å². The van der Waals surface area contributed by atoms with Gasteiger partial charge in [-0.3, -0.25) is 4.79 Å². The standard InChI is InChI=1S/C18H12Cl2N6O2/c1-24-18(28)26(23-22-24)15-4-2-3-13(20)16(15)17(27)14-9-10-25(21-14)12-7-5-11(19)6-8-12/h2-10H,1H3. The van der Waals surface area contributed by atoms with Gasteiger partial charge in [-0.05, 0) is 52.9 Å². The summed E-state index contributed by atoms with van der Waals surface area (Å²) in [6.07, 6.45) is 1.65. The van der Waals surface area contributed by atoms with Gasteiger partial charge in [-0.2, -0.15) is 14.5 Å². The first-order valence-corrected chi connectivity index (χ1v) is 8.85.